The summed E-state index contributed by atoms with van der Waals surface area (Å²) >= 11 is 0. The van der Waals surface area contributed by atoms with Crippen LogP contribution in [0.1, 0.15) is 36.8 Å². The number of nitrogens with zero attached hydrogens (tertiary/aromatic N) is 1. The number of hydrogen-bond acceptors (Lipinski definition) is 2. The van der Waals surface area contributed by atoms with Crippen molar-refractivity contribution >= 4 is 5.69 Å². The molecule has 4 bridgehead atoms. The van der Waals surface area contributed by atoms with Crippen molar-refractivity contribution in [3.63, 3.8) is 0 Å². The minimum absolute atomic E-state index is 0.788. The van der Waals surface area contributed by atoms with Gasteiger partial charge in [0, 0.05) is 29.9 Å². The van der Waals surface area contributed by atoms with E-state index in [1.807, 2.05) is 0 Å². The number of rotatable bonds is 1. The van der Waals surface area contributed by atoms with Gasteiger partial charge in [0.05, 0.1) is 0 Å². The standard InChI is InChI=1S/C16H22N2/c1-10-3-4-14(5-11(10)2)18-15-6-12-7-16(18)9-13(8-15)17-12/h3-5,12-13,15-17H,6-9H2,1-2H3. The fraction of sp³-hybridized carbons (Fsp3) is 0.625. The summed E-state index contributed by atoms with van der Waals surface area (Å²) in [4.78, 5) is 2.74. The van der Waals surface area contributed by atoms with Gasteiger partial charge in [-0.15, -0.1) is 0 Å². The average molecular weight is 242 g/mol. The molecule has 0 amide bonds. The first kappa shape index (κ1) is 10.9. The third-order valence-electron chi connectivity index (χ3n) is 5.27. The molecule has 1 aromatic rings. The molecule has 1 aromatic carbocycles. The molecule has 96 valence electrons. The van der Waals surface area contributed by atoms with Gasteiger partial charge in [0.25, 0.3) is 0 Å². The first-order valence-electron chi connectivity index (χ1n) is 7.32. The molecular weight excluding hydrogens is 220 g/mol. The molecule has 2 nitrogen and oxygen atoms in total. The predicted molar refractivity (Wildman–Crippen MR) is 75.2 cm³/mol. The van der Waals surface area contributed by atoms with Crippen LogP contribution in [0, 0.1) is 13.8 Å². The maximum Gasteiger partial charge on any atom is 0.0374 e. The zero-order valence-electron chi connectivity index (χ0n) is 11.3. The quantitative estimate of drug-likeness (QED) is 0.814. The van der Waals surface area contributed by atoms with Crippen LogP contribution >= 0.6 is 0 Å². The van der Waals surface area contributed by atoms with E-state index in [4.69, 9.17) is 0 Å². The summed E-state index contributed by atoms with van der Waals surface area (Å²) in [5.74, 6) is 0. The lowest BCUT2D eigenvalue weighted by Crippen LogP contribution is -2.67. The fourth-order valence-corrected chi connectivity index (χ4v) is 4.36. The number of aryl methyl sites for hydroxylation is 2. The third kappa shape index (κ3) is 1.51. The van der Waals surface area contributed by atoms with Crippen molar-refractivity contribution in [1.29, 1.82) is 0 Å². The van der Waals surface area contributed by atoms with E-state index in [0.717, 1.165) is 24.2 Å². The van der Waals surface area contributed by atoms with Gasteiger partial charge in [-0.2, -0.15) is 0 Å². The fourth-order valence-electron chi connectivity index (χ4n) is 4.36. The Kier molecular flexibility index (Phi) is 2.25. The molecule has 1 N–H and O–H groups in total. The molecule has 0 aliphatic carbocycles. The highest BCUT2D eigenvalue weighted by atomic mass is 15.3. The van der Waals surface area contributed by atoms with E-state index in [0.29, 0.717) is 0 Å². The largest absolute Gasteiger partial charge is 0.365 e. The maximum atomic E-state index is 3.78. The molecule has 4 aliphatic heterocycles. The van der Waals surface area contributed by atoms with Crippen LogP contribution in [0.25, 0.3) is 0 Å². The van der Waals surface area contributed by atoms with E-state index < -0.39 is 0 Å². The smallest absolute Gasteiger partial charge is 0.0374 e. The Morgan fingerprint density at radius 2 is 1.56 bits per heavy atom. The van der Waals surface area contributed by atoms with Gasteiger partial charge in [-0.3, -0.25) is 0 Å². The topological polar surface area (TPSA) is 15.3 Å². The van der Waals surface area contributed by atoms with E-state index in [-0.39, 0.29) is 0 Å². The zero-order chi connectivity index (χ0) is 12.3. The molecule has 0 radical (unpaired) electrons. The van der Waals surface area contributed by atoms with Gasteiger partial charge in [0.15, 0.2) is 0 Å². The normalized spacial score (nSPS) is 37.3. The molecule has 4 heterocycles. The van der Waals surface area contributed by atoms with Crippen molar-refractivity contribution in [2.24, 2.45) is 0 Å². The lowest BCUT2D eigenvalue weighted by molar-refractivity contribution is 0.135. The Morgan fingerprint density at radius 1 is 0.944 bits per heavy atom. The summed E-state index contributed by atoms with van der Waals surface area (Å²) in [6, 6.07) is 10.2. The molecule has 4 aliphatic rings. The minimum atomic E-state index is 0.788. The SMILES string of the molecule is Cc1ccc(N2C3CC4CC2CC(C3)N4)cc1C. The van der Waals surface area contributed by atoms with Crippen molar-refractivity contribution in [3.8, 4) is 0 Å². The lowest BCUT2D eigenvalue weighted by atomic mass is 9.74. The van der Waals surface area contributed by atoms with Gasteiger partial charge < -0.3 is 10.2 Å². The van der Waals surface area contributed by atoms with E-state index >= 15 is 0 Å². The van der Waals surface area contributed by atoms with Crippen molar-refractivity contribution in [3.05, 3.63) is 29.3 Å². The van der Waals surface area contributed by atoms with Crippen LogP contribution < -0.4 is 10.2 Å². The summed E-state index contributed by atoms with van der Waals surface area (Å²) in [5.41, 5.74) is 4.30. The van der Waals surface area contributed by atoms with E-state index in [1.165, 1.54) is 42.5 Å². The predicted octanol–water partition coefficient (Wildman–Crippen LogP) is 2.78. The highest BCUT2D eigenvalue weighted by Gasteiger charge is 2.46. The van der Waals surface area contributed by atoms with Crippen molar-refractivity contribution < 1.29 is 0 Å². The van der Waals surface area contributed by atoms with Crippen LogP contribution in [0.5, 0.6) is 0 Å². The average Bonchev–Trinajstić information content (AvgIpc) is 2.32. The molecule has 4 saturated heterocycles. The number of nitrogens with one attached hydrogen (secondary N) is 1. The molecule has 0 atom stereocenters. The molecule has 18 heavy (non-hydrogen) atoms. The monoisotopic (exact) mass is 242 g/mol. The molecule has 0 saturated carbocycles. The van der Waals surface area contributed by atoms with Crippen molar-refractivity contribution in [1.82, 2.24) is 5.32 Å². The second-order valence-electron chi connectivity index (χ2n) is 6.49. The summed E-state index contributed by atoms with van der Waals surface area (Å²) in [7, 11) is 0. The van der Waals surface area contributed by atoms with Crippen LogP contribution in [0.3, 0.4) is 0 Å². The zero-order valence-corrected chi connectivity index (χ0v) is 11.3. The van der Waals surface area contributed by atoms with Gasteiger partial charge in [-0.25, -0.2) is 0 Å². The second-order valence-corrected chi connectivity index (χ2v) is 6.49. The number of hydrogen-bond donors (Lipinski definition) is 1. The summed E-state index contributed by atoms with van der Waals surface area (Å²) in [6.45, 7) is 4.44. The molecule has 5 rings (SSSR count). The van der Waals surface area contributed by atoms with Gasteiger partial charge >= 0.3 is 0 Å². The Balaban J connectivity index is 1.70. The van der Waals surface area contributed by atoms with Crippen LogP contribution in [0.15, 0.2) is 18.2 Å². The summed E-state index contributed by atoms with van der Waals surface area (Å²) in [5, 5.41) is 3.78. The minimum Gasteiger partial charge on any atom is -0.365 e. The Labute approximate surface area is 109 Å². The first-order valence-corrected chi connectivity index (χ1v) is 7.32. The highest BCUT2D eigenvalue weighted by molar-refractivity contribution is 5.54. The van der Waals surface area contributed by atoms with E-state index in [9.17, 15) is 0 Å². The Hall–Kier alpha value is -1.02. The van der Waals surface area contributed by atoms with Gasteiger partial charge in [0.2, 0.25) is 0 Å². The van der Waals surface area contributed by atoms with Crippen LogP contribution in [-0.2, 0) is 0 Å². The van der Waals surface area contributed by atoms with Crippen LogP contribution in [0.2, 0.25) is 0 Å². The van der Waals surface area contributed by atoms with Gasteiger partial charge in [0.1, 0.15) is 0 Å². The van der Waals surface area contributed by atoms with Crippen LogP contribution in [-0.4, -0.2) is 24.2 Å². The van der Waals surface area contributed by atoms with Gasteiger partial charge in [-0.05, 0) is 62.8 Å². The van der Waals surface area contributed by atoms with Gasteiger partial charge in [-0.1, -0.05) is 6.07 Å². The van der Waals surface area contributed by atoms with Crippen LogP contribution in [0.4, 0.5) is 5.69 Å². The summed E-state index contributed by atoms with van der Waals surface area (Å²) < 4.78 is 0. The molecule has 0 unspecified atom stereocenters. The maximum absolute atomic E-state index is 3.78. The van der Waals surface area contributed by atoms with E-state index in [1.54, 1.807) is 0 Å². The molecule has 0 spiro atoms. The number of piperidine rings is 4. The Morgan fingerprint density at radius 3 is 2.11 bits per heavy atom. The lowest BCUT2D eigenvalue weighted by Gasteiger charge is -2.58. The second kappa shape index (κ2) is 3.74. The number of benzene rings is 1. The first-order chi connectivity index (χ1) is 8.70. The highest BCUT2D eigenvalue weighted by Crippen LogP contribution is 2.42. The molecular formula is C16H22N2. The van der Waals surface area contributed by atoms with Crippen molar-refractivity contribution in [2.45, 2.75) is 63.7 Å². The summed E-state index contributed by atoms with van der Waals surface area (Å²) in [6.07, 6.45) is 5.39. The molecule has 2 heteroatoms. The third-order valence-corrected chi connectivity index (χ3v) is 5.27. The Bertz CT molecular complexity index is 452. The van der Waals surface area contributed by atoms with E-state index in [2.05, 4.69) is 42.3 Å². The molecule has 4 fully saturated rings. The molecule has 0 aromatic heterocycles. The number of anilines is 1. The van der Waals surface area contributed by atoms with Crippen molar-refractivity contribution in [2.75, 3.05) is 4.90 Å².